The molecule has 6 heteroatoms. The van der Waals surface area contributed by atoms with Gasteiger partial charge in [-0.05, 0) is 30.7 Å². The molecule has 96 valence electrons. The van der Waals surface area contributed by atoms with E-state index in [0.717, 1.165) is 24.2 Å². The maximum absolute atomic E-state index is 12.4. The van der Waals surface area contributed by atoms with Crippen LogP contribution in [0.15, 0.2) is 30.3 Å². The molecule has 2 rings (SSSR count). The number of rotatable bonds is 2. The van der Waals surface area contributed by atoms with Crippen LogP contribution in [-0.4, -0.2) is 9.78 Å². The zero-order valence-electron chi connectivity index (χ0n) is 9.70. The van der Waals surface area contributed by atoms with Crippen molar-refractivity contribution in [2.24, 2.45) is 0 Å². The predicted molar refractivity (Wildman–Crippen MR) is 62.4 cm³/mol. The second-order valence-electron chi connectivity index (χ2n) is 3.87. The van der Waals surface area contributed by atoms with Gasteiger partial charge in [-0.3, -0.25) is 0 Å². The highest BCUT2D eigenvalue weighted by Crippen LogP contribution is 2.29. The number of alkyl halides is 3. The van der Waals surface area contributed by atoms with Crippen LogP contribution >= 0.6 is 0 Å². The van der Waals surface area contributed by atoms with Gasteiger partial charge in [0.15, 0.2) is 0 Å². The summed E-state index contributed by atoms with van der Waals surface area (Å²) < 4.78 is 38.7. The molecule has 1 aromatic heterocycles. The Bertz CT molecular complexity index is 541. The summed E-state index contributed by atoms with van der Waals surface area (Å²) in [6.45, 7) is 1.93. The maximum atomic E-state index is 12.4. The average Bonchev–Trinajstić information content (AvgIpc) is 2.70. The molecule has 1 aromatic carbocycles. The Morgan fingerprint density at radius 2 is 1.83 bits per heavy atom. The van der Waals surface area contributed by atoms with Gasteiger partial charge in [0.25, 0.3) is 0 Å². The molecule has 0 amide bonds. The van der Waals surface area contributed by atoms with Crippen molar-refractivity contribution in [1.29, 1.82) is 0 Å². The molecule has 0 spiro atoms. The molecule has 0 unspecified atom stereocenters. The van der Waals surface area contributed by atoms with E-state index in [1.165, 1.54) is 16.8 Å². The molecule has 0 aliphatic carbocycles. The lowest BCUT2D eigenvalue weighted by Crippen LogP contribution is -2.06. The van der Waals surface area contributed by atoms with Gasteiger partial charge in [-0.15, -0.1) is 0 Å². The van der Waals surface area contributed by atoms with Crippen LogP contribution in [0.1, 0.15) is 18.2 Å². The van der Waals surface area contributed by atoms with Crippen LogP contribution in [0, 0.1) is 0 Å². The van der Waals surface area contributed by atoms with Gasteiger partial charge in [0.2, 0.25) is 0 Å². The summed E-state index contributed by atoms with van der Waals surface area (Å²) in [5.74, 6) is 0.409. The van der Waals surface area contributed by atoms with Gasteiger partial charge in [0.1, 0.15) is 5.82 Å². The molecule has 0 fully saturated rings. The fourth-order valence-electron chi connectivity index (χ4n) is 1.62. The SMILES string of the molecule is CCc1cc(N)n(-c2ccc(C(F)(F)F)cc2)n1. The summed E-state index contributed by atoms with van der Waals surface area (Å²) in [5.41, 5.74) is 6.38. The third-order valence-electron chi connectivity index (χ3n) is 2.59. The largest absolute Gasteiger partial charge is 0.416 e. The zero-order chi connectivity index (χ0) is 13.3. The molecule has 2 N–H and O–H groups in total. The summed E-state index contributed by atoms with van der Waals surface area (Å²) in [6.07, 6.45) is -3.61. The fourth-order valence-corrected chi connectivity index (χ4v) is 1.62. The number of anilines is 1. The second kappa shape index (κ2) is 4.36. The van der Waals surface area contributed by atoms with E-state index in [2.05, 4.69) is 5.10 Å². The maximum Gasteiger partial charge on any atom is 0.416 e. The number of nitrogen functional groups attached to an aromatic ring is 1. The Balaban J connectivity index is 2.37. The number of aryl methyl sites for hydroxylation is 1. The minimum Gasteiger partial charge on any atom is -0.384 e. The van der Waals surface area contributed by atoms with Crippen molar-refractivity contribution in [2.45, 2.75) is 19.5 Å². The Labute approximate surface area is 102 Å². The van der Waals surface area contributed by atoms with Crippen LogP contribution in [0.5, 0.6) is 0 Å². The third kappa shape index (κ3) is 2.32. The highest BCUT2D eigenvalue weighted by atomic mass is 19.4. The van der Waals surface area contributed by atoms with Gasteiger partial charge in [0, 0.05) is 6.07 Å². The Hall–Kier alpha value is -1.98. The highest BCUT2D eigenvalue weighted by molar-refractivity contribution is 5.44. The first-order valence-electron chi connectivity index (χ1n) is 5.44. The number of benzene rings is 1. The van der Waals surface area contributed by atoms with Gasteiger partial charge < -0.3 is 5.73 Å². The molecule has 0 bridgehead atoms. The van der Waals surface area contributed by atoms with Gasteiger partial charge in [-0.25, -0.2) is 4.68 Å². The quantitative estimate of drug-likeness (QED) is 0.896. The Kier molecular flexibility index (Phi) is 3.02. The minimum atomic E-state index is -4.33. The molecular formula is C12H12F3N3. The molecule has 0 saturated heterocycles. The summed E-state index contributed by atoms with van der Waals surface area (Å²) in [5, 5.41) is 4.20. The smallest absolute Gasteiger partial charge is 0.384 e. The molecular weight excluding hydrogens is 243 g/mol. The van der Waals surface area contributed by atoms with Crippen molar-refractivity contribution in [3.63, 3.8) is 0 Å². The topological polar surface area (TPSA) is 43.8 Å². The fraction of sp³-hybridized carbons (Fsp3) is 0.250. The van der Waals surface area contributed by atoms with Crippen LogP contribution in [0.2, 0.25) is 0 Å². The van der Waals surface area contributed by atoms with Crippen LogP contribution in [0.25, 0.3) is 5.69 Å². The third-order valence-corrected chi connectivity index (χ3v) is 2.59. The summed E-state index contributed by atoms with van der Waals surface area (Å²) in [7, 11) is 0. The summed E-state index contributed by atoms with van der Waals surface area (Å²) >= 11 is 0. The average molecular weight is 255 g/mol. The van der Waals surface area contributed by atoms with E-state index >= 15 is 0 Å². The molecule has 0 aliphatic rings. The Morgan fingerprint density at radius 1 is 1.22 bits per heavy atom. The molecule has 0 saturated carbocycles. The lowest BCUT2D eigenvalue weighted by molar-refractivity contribution is -0.137. The summed E-state index contributed by atoms with van der Waals surface area (Å²) in [4.78, 5) is 0. The van der Waals surface area contributed by atoms with E-state index in [1.807, 2.05) is 6.92 Å². The number of hydrogen-bond donors (Lipinski definition) is 1. The number of halogens is 3. The van der Waals surface area contributed by atoms with Crippen molar-refractivity contribution in [1.82, 2.24) is 9.78 Å². The van der Waals surface area contributed by atoms with E-state index < -0.39 is 11.7 Å². The molecule has 0 aliphatic heterocycles. The second-order valence-corrected chi connectivity index (χ2v) is 3.87. The first-order valence-corrected chi connectivity index (χ1v) is 5.44. The van der Waals surface area contributed by atoms with Crippen LogP contribution < -0.4 is 5.73 Å². The normalized spacial score (nSPS) is 11.8. The molecule has 0 atom stereocenters. The van der Waals surface area contributed by atoms with Gasteiger partial charge >= 0.3 is 6.18 Å². The number of hydrogen-bond acceptors (Lipinski definition) is 2. The molecule has 0 radical (unpaired) electrons. The molecule has 2 aromatic rings. The number of nitrogens with two attached hydrogens (primary N) is 1. The minimum absolute atomic E-state index is 0.409. The monoisotopic (exact) mass is 255 g/mol. The van der Waals surface area contributed by atoms with E-state index in [9.17, 15) is 13.2 Å². The van der Waals surface area contributed by atoms with Crippen LogP contribution in [0.3, 0.4) is 0 Å². The van der Waals surface area contributed by atoms with E-state index in [1.54, 1.807) is 6.07 Å². The van der Waals surface area contributed by atoms with E-state index in [4.69, 9.17) is 5.73 Å². The van der Waals surface area contributed by atoms with Crippen LogP contribution in [0.4, 0.5) is 19.0 Å². The predicted octanol–water partition coefficient (Wildman–Crippen LogP) is 3.04. The van der Waals surface area contributed by atoms with Gasteiger partial charge in [-0.2, -0.15) is 18.3 Å². The zero-order valence-corrected chi connectivity index (χ0v) is 9.70. The molecule has 18 heavy (non-hydrogen) atoms. The number of nitrogens with zero attached hydrogens (tertiary/aromatic N) is 2. The van der Waals surface area contributed by atoms with Crippen molar-refractivity contribution < 1.29 is 13.2 Å². The van der Waals surface area contributed by atoms with Crippen molar-refractivity contribution in [3.05, 3.63) is 41.6 Å². The van der Waals surface area contributed by atoms with Crippen molar-refractivity contribution in [3.8, 4) is 5.69 Å². The lowest BCUT2D eigenvalue weighted by Gasteiger charge is -2.08. The van der Waals surface area contributed by atoms with Crippen LogP contribution in [-0.2, 0) is 12.6 Å². The van der Waals surface area contributed by atoms with Gasteiger partial charge in [-0.1, -0.05) is 6.92 Å². The number of aromatic nitrogens is 2. The lowest BCUT2D eigenvalue weighted by atomic mass is 10.2. The van der Waals surface area contributed by atoms with Crippen molar-refractivity contribution in [2.75, 3.05) is 5.73 Å². The first kappa shape index (κ1) is 12.5. The molecule has 3 nitrogen and oxygen atoms in total. The van der Waals surface area contributed by atoms with E-state index in [-0.39, 0.29) is 0 Å². The van der Waals surface area contributed by atoms with Crippen molar-refractivity contribution >= 4 is 5.82 Å². The first-order chi connectivity index (χ1) is 8.41. The molecule has 1 heterocycles. The summed E-state index contributed by atoms with van der Waals surface area (Å²) in [6, 6.07) is 6.44. The van der Waals surface area contributed by atoms with E-state index in [0.29, 0.717) is 11.5 Å². The standard InChI is InChI=1S/C12H12F3N3/c1-2-9-7-11(16)18(17-9)10-5-3-8(4-6-10)12(13,14)15/h3-7H,2,16H2,1H3. The Morgan fingerprint density at radius 3 is 2.28 bits per heavy atom. The highest BCUT2D eigenvalue weighted by Gasteiger charge is 2.30. The van der Waals surface area contributed by atoms with Gasteiger partial charge in [0.05, 0.1) is 16.9 Å².